The van der Waals surface area contributed by atoms with Crippen molar-refractivity contribution in [1.82, 2.24) is 14.8 Å². The van der Waals surface area contributed by atoms with Crippen LogP contribution in [0.5, 0.6) is 0 Å². The smallest absolute Gasteiger partial charge is 0.130 e. The van der Waals surface area contributed by atoms with Crippen LogP contribution in [0, 0.1) is 0 Å². The Morgan fingerprint density at radius 1 is 1.32 bits per heavy atom. The van der Waals surface area contributed by atoms with Crippen LogP contribution >= 0.6 is 0 Å². The molecule has 0 radical (unpaired) electrons. The molecule has 1 atom stereocenters. The third-order valence-corrected chi connectivity index (χ3v) is 4.89. The summed E-state index contributed by atoms with van der Waals surface area (Å²) in [6, 6.07) is 10.2. The summed E-state index contributed by atoms with van der Waals surface area (Å²) in [6.45, 7) is 4.47. The first-order chi connectivity index (χ1) is 13.7. The van der Waals surface area contributed by atoms with E-state index in [2.05, 4.69) is 39.0 Å². The van der Waals surface area contributed by atoms with Crippen molar-refractivity contribution in [2.24, 2.45) is 10.7 Å². The summed E-state index contributed by atoms with van der Waals surface area (Å²) < 4.78 is 7.58. The normalized spacial score (nSPS) is 18.3. The summed E-state index contributed by atoms with van der Waals surface area (Å²) >= 11 is 0. The minimum absolute atomic E-state index is 0.203. The highest BCUT2D eigenvalue weighted by Crippen LogP contribution is 2.24. The van der Waals surface area contributed by atoms with Gasteiger partial charge in [-0.25, -0.2) is 9.67 Å². The molecule has 1 fully saturated rings. The maximum atomic E-state index is 5.77. The van der Waals surface area contributed by atoms with Gasteiger partial charge in [0.2, 0.25) is 0 Å². The van der Waals surface area contributed by atoms with Crippen LogP contribution in [0.25, 0.3) is 22.2 Å². The lowest BCUT2D eigenvalue weighted by Crippen LogP contribution is -2.41. The minimum atomic E-state index is 0.203. The van der Waals surface area contributed by atoms with Gasteiger partial charge in [0.15, 0.2) is 0 Å². The first-order valence-corrected chi connectivity index (χ1v) is 9.35. The number of hydrogen-bond donors (Lipinski definition) is 1. The third kappa shape index (κ3) is 3.48. The Bertz CT molecular complexity index is 1040. The predicted octanol–water partition coefficient (Wildman–Crippen LogP) is 2.65. The highest BCUT2D eigenvalue weighted by atomic mass is 16.5. The average Bonchev–Trinajstić information content (AvgIpc) is 3.15. The zero-order valence-corrected chi connectivity index (χ0v) is 16.1. The summed E-state index contributed by atoms with van der Waals surface area (Å²) in [5.74, 6) is 0.938. The molecule has 0 aliphatic carbocycles. The number of nitrogens with zero attached hydrogens (tertiary/aromatic N) is 5. The number of fused-ring (bicyclic) bond motifs is 1. The lowest BCUT2D eigenvalue weighted by atomic mass is 10.1. The maximum absolute atomic E-state index is 5.77. The molecule has 3 heterocycles. The first-order valence-electron chi connectivity index (χ1n) is 9.35. The quantitative estimate of drug-likeness (QED) is 0.708. The highest BCUT2D eigenvalue weighted by molar-refractivity contribution is 6.10. The number of rotatable bonds is 4. The van der Waals surface area contributed by atoms with Crippen molar-refractivity contribution in [2.45, 2.75) is 13.0 Å². The molecule has 1 saturated heterocycles. The van der Waals surface area contributed by atoms with Gasteiger partial charge in [-0.05, 0) is 24.6 Å². The van der Waals surface area contributed by atoms with E-state index in [1.807, 2.05) is 35.3 Å². The zero-order chi connectivity index (χ0) is 19.5. The molecule has 0 spiro atoms. The van der Waals surface area contributed by atoms with E-state index < -0.39 is 0 Å². The molecule has 144 valence electrons. The van der Waals surface area contributed by atoms with Gasteiger partial charge in [-0.3, -0.25) is 4.99 Å². The van der Waals surface area contributed by atoms with E-state index in [4.69, 9.17) is 10.5 Å². The topological polar surface area (TPSA) is 81.6 Å². The van der Waals surface area contributed by atoms with E-state index in [0.717, 1.165) is 46.6 Å². The number of aromatic nitrogens is 3. The average molecular weight is 376 g/mol. The number of allylic oxidation sites excluding steroid dienone is 1. The summed E-state index contributed by atoms with van der Waals surface area (Å²) in [5, 5.41) is 5.66. The summed E-state index contributed by atoms with van der Waals surface area (Å²) in [6.07, 6.45) is 7.23. The Balaban J connectivity index is 1.74. The molecule has 1 aromatic carbocycles. The fourth-order valence-electron chi connectivity index (χ4n) is 3.50. The highest BCUT2D eigenvalue weighted by Gasteiger charge is 2.18. The van der Waals surface area contributed by atoms with E-state index >= 15 is 0 Å². The van der Waals surface area contributed by atoms with Crippen molar-refractivity contribution < 1.29 is 4.74 Å². The van der Waals surface area contributed by atoms with E-state index in [0.29, 0.717) is 6.61 Å². The Morgan fingerprint density at radius 3 is 3.00 bits per heavy atom. The molecule has 0 saturated carbocycles. The van der Waals surface area contributed by atoms with Crippen LogP contribution in [-0.2, 0) is 4.74 Å². The molecule has 1 aliphatic rings. The second kappa shape index (κ2) is 7.82. The summed E-state index contributed by atoms with van der Waals surface area (Å²) in [7, 11) is 1.73. The second-order valence-electron chi connectivity index (χ2n) is 6.84. The van der Waals surface area contributed by atoms with E-state index in [1.165, 1.54) is 0 Å². The number of hydrogen-bond acceptors (Lipinski definition) is 6. The van der Waals surface area contributed by atoms with Gasteiger partial charge in [0.25, 0.3) is 0 Å². The van der Waals surface area contributed by atoms with Crippen LogP contribution in [0.3, 0.4) is 0 Å². The van der Waals surface area contributed by atoms with Crippen molar-refractivity contribution in [3.8, 4) is 5.69 Å². The molecule has 2 N–H and O–H groups in total. The number of pyridine rings is 1. The molecule has 3 aromatic rings. The summed E-state index contributed by atoms with van der Waals surface area (Å²) in [4.78, 5) is 10.9. The van der Waals surface area contributed by atoms with Crippen LogP contribution in [0.1, 0.15) is 12.5 Å². The number of nitrogens with two attached hydrogens (primary N) is 1. The molecule has 0 unspecified atom stereocenters. The second-order valence-corrected chi connectivity index (χ2v) is 6.84. The van der Waals surface area contributed by atoms with Crippen molar-refractivity contribution in [3.63, 3.8) is 0 Å². The Labute approximate surface area is 164 Å². The molecular formula is C21H24N6O. The van der Waals surface area contributed by atoms with Gasteiger partial charge in [0.1, 0.15) is 5.82 Å². The van der Waals surface area contributed by atoms with Gasteiger partial charge in [-0.2, -0.15) is 5.10 Å². The molecule has 0 amide bonds. The number of anilines is 1. The number of morpholine rings is 1. The monoisotopic (exact) mass is 376 g/mol. The fourth-order valence-corrected chi connectivity index (χ4v) is 3.50. The maximum Gasteiger partial charge on any atom is 0.130 e. The Morgan fingerprint density at radius 2 is 2.21 bits per heavy atom. The molecule has 28 heavy (non-hydrogen) atoms. The SMILES string of the molecule is CN=CC(=CN)c1ccc2cnn(-c3ccnc(N4CCO[C@H](C)C4)c3)c2c1. The fraction of sp³-hybridized carbons (Fsp3) is 0.286. The van der Waals surface area contributed by atoms with Crippen molar-refractivity contribution in [3.05, 3.63) is 54.5 Å². The predicted molar refractivity (Wildman–Crippen MR) is 113 cm³/mol. The molecule has 4 rings (SSSR count). The molecule has 1 aliphatic heterocycles. The van der Waals surface area contributed by atoms with E-state index in [-0.39, 0.29) is 6.10 Å². The molecule has 7 nitrogen and oxygen atoms in total. The van der Waals surface area contributed by atoms with Crippen LogP contribution in [0.15, 0.2) is 53.9 Å². The lowest BCUT2D eigenvalue weighted by Gasteiger charge is -2.32. The largest absolute Gasteiger partial charge is 0.404 e. The van der Waals surface area contributed by atoms with Gasteiger partial charge in [0, 0.05) is 55.8 Å². The molecule has 2 aromatic heterocycles. The molecule has 7 heteroatoms. The standard InChI is InChI=1S/C21H24N6O/c1-15-14-26(7-8-28-15)21-10-19(5-6-24-21)27-20-9-16(18(11-22)12-23-2)3-4-17(20)13-25-27/h3-6,9-13,15H,7-8,14,22H2,1-2H3/t15-/m1/s1. The third-order valence-electron chi connectivity index (χ3n) is 4.89. The van der Waals surface area contributed by atoms with Gasteiger partial charge in [-0.1, -0.05) is 12.1 Å². The van der Waals surface area contributed by atoms with E-state index in [9.17, 15) is 0 Å². The lowest BCUT2D eigenvalue weighted by molar-refractivity contribution is 0.0529. The number of benzene rings is 1. The van der Waals surface area contributed by atoms with Gasteiger partial charge >= 0.3 is 0 Å². The van der Waals surface area contributed by atoms with Crippen molar-refractivity contribution in [2.75, 3.05) is 31.6 Å². The van der Waals surface area contributed by atoms with Crippen LogP contribution in [0.4, 0.5) is 5.82 Å². The first kappa shape index (κ1) is 18.2. The molecule has 0 bridgehead atoms. The van der Waals surface area contributed by atoms with Crippen molar-refractivity contribution in [1.29, 1.82) is 0 Å². The van der Waals surface area contributed by atoms with Crippen molar-refractivity contribution >= 4 is 28.5 Å². The zero-order valence-electron chi connectivity index (χ0n) is 16.1. The molecular weight excluding hydrogens is 352 g/mol. The van der Waals surface area contributed by atoms with Gasteiger partial charge in [0.05, 0.1) is 30.1 Å². The number of aliphatic imine (C=N–C) groups is 1. The van der Waals surface area contributed by atoms with Gasteiger partial charge < -0.3 is 15.4 Å². The minimum Gasteiger partial charge on any atom is -0.404 e. The Hall–Kier alpha value is -3.19. The number of ether oxygens (including phenoxy) is 1. The Kier molecular flexibility index (Phi) is 5.08. The van der Waals surface area contributed by atoms with Gasteiger partial charge in [-0.15, -0.1) is 0 Å². The van der Waals surface area contributed by atoms with Crippen LogP contribution < -0.4 is 10.6 Å². The van der Waals surface area contributed by atoms with Crippen LogP contribution in [0.2, 0.25) is 0 Å². The summed E-state index contributed by atoms with van der Waals surface area (Å²) in [5.41, 5.74) is 9.62. The van der Waals surface area contributed by atoms with E-state index in [1.54, 1.807) is 19.5 Å². The van der Waals surface area contributed by atoms with Crippen LogP contribution in [-0.4, -0.2) is 53.8 Å².